The highest BCUT2D eigenvalue weighted by Crippen LogP contribution is 2.53. The van der Waals surface area contributed by atoms with Gasteiger partial charge in [-0.05, 0) is 134 Å². The van der Waals surface area contributed by atoms with Gasteiger partial charge < -0.3 is 0 Å². The van der Waals surface area contributed by atoms with Crippen LogP contribution in [-0.4, -0.2) is 0 Å². The van der Waals surface area contributed by atoms with E-state index in [9.17, 15) is 0 Å². The third-order valence-corrected chi connectivity index (χ3v) is 12.2. The van der Waals surface area contributed by atoms with Crippen LogP contribution in [0.1, 0.15) is 25.0 Å². The Morgan fingerprint density at radius 1 is 0.309 bits per heavy atom. The molecule has 0 fully saturated rings. The second-order valence-electron chi connectivity index (χ2n) is 15.6. The molecule has 10 aromatic carbocycles. The van der Waals surface area contributed by atoms with Crippen molar-refractivity contribution in [3.63, 3.8) is 0 Å². The van der Waals surface area contributed by atoms with E-state index >= 15 is 0 Å². The Morgan fingerprint density at radius 2 is 0.836 bits per heavy atom. The van der Waals surface area contributed by atoms with Gasteiger partial charge in [-0.25, -0.2) is 0 Å². The molecule has 0 aromatic heterocycles. The maximum atomic E-state index is 2.47. The van der Waals surface area contributed by atoms with Crippen LogP contribution in [-0.2, 0) is 5.41 Å². The molecular weight excluding hydrogens is 661 g/mol. The van der Waals surface area contributed by atoms with Crippen molar-refractivity contribution in [1.82, 2.24) is 0 Å². The van der Waals surface area contributed by atoms with Crippen LogP contribution >= 0.6 is 0 Å². The molecule has 0 nitrogen and oxygen atoms in total. The highest BCUT2D eigenvalue weighted by molar-refractivity contribution is 6.28. The molecule has 11 rings (SSSR count). The van der Waals surface area contributed by atoms with Crippen LogP contribution in [0.4, 0.5) is 0 Å². The van der Waals surface area contributed by atoms with E-state index in [1.54, 1.807) is 0 Å². The van der Waals surface area contributed by atoms with E-state index in [0.29, 0.717) is 0 Å². The lowest BCUT2D eigenvalue weighted by Crippen LogP contribution is -2.15. The van der Waals surface area contributed by atoms with Crippen LogP contribution < -0.4 is 0 Å². The molecule has 258 valence electrons. The molecular formula is C55H38. The third kappa shape index (κ3) is 4.85. The second kappa shape index (κ2) is 12.1. The van der Waals surface area contributed by atoms with E-state index < -0.39 is 0 Å². The molecule has 10 aromatic rings. The van der Waals surface area contributed by atoms with Crippen LogP contribution in [0.15, 0.2) is 194 Å². The molecule has 0 heterocycles. The summed E-state index contributed by atoms with van der Waals surface area (Å²) in [5, 5.41) is 10.3. The Morgan fingerprint density at radius 3 is 1.56 bits per heavy atom. The van der Waals surface area contributed by atoms with E-state index in [2.05, 4.69) is 208 Å². The number of hydrogen-bond acceptors (Lipinski definition) is 0. The van der Waals surface area contributed by atoms with Gasteiger partial charge in [0.2, 0.25) is 0 Å². The maximum Gasteiger partial charge on any atom is 0.0165 e. The quantitative estimate of drug-likeness (QED) is 0.127. The van der Waals surface area contributed by atoms with Gasteiger partial charge in [0.1, 0.15) is 0 Å². The summed E-state index contributed by atoms with van der Waals surface area (Å²) in [7, 11) is 0. The molecule has 0 aliphatic heterocycles. The first-order valence-electron chi connectivity index (χ1n) is 19.3. The van der Waals surface area contributed by atoms with Gasteiger partial charge in [0.25, 0.3) is 0 Å². The van der Waals surface area contributed by atoms with E-state index in [1.165, 1.54) is 110 Å². The number of hydrogen-bond donors (Lipinski definition) is 0. The summed E-state index contributed by atoms with van der Waals surface area (Å²) in [6, 6.07) is 72.2. The minimum Gasteiger partial charge on any atom is -0.0622 e. The summed E-state index contributed by atoms with van der Waals surface area (Å²) in [5.74, 6) is 0. The molecule has 0 saturated heterocycles. The van der Waals surface area contributed by atoms with Crippen molar-refractivity contribution in [1.29, 1.82) is 0 Å². The molecule has 0 heteroatoms. The molecule has 0 amide bonds. The van der Waals surface area contributed by atoms with Crippen molar-refractivity contribution in [3.05, 3.63) is 205 Å². The maximum absolute atomic E-state index is 2.47. The topological polar surface area (TPSA) is 0 Å². The normalized spacial score (nSPS) is 13.1. The van der Waals surface area contributed by atoms with Crippen molar-refractivity contribution < 1.29 is 0 Å². The van der Waals surface area contributed by atoms with Gasteiger partial charge in [-0.1, -0.05) is 184 Å². The first kappa shape index (κ1) is 31.7. The Balaban J connectivity index is 1.20. The van der Waals surface area contributed by atoms with Crippen LogP contribution in [0, 0.1) is 0 Å². The van der Waals surface area contributed by atoms with E-state index in [-0.39, 0.29) is 5.41 Å². The summed E-state index contributed by atoms with van der Waals surface area (Å²) in [5.41, 5.74) is 15.3. The smallest absolute Gasteiger partial charge is 0.0165 e. The summed E-state index contributed by atoms with van der Waals surface area (Å²) >= 11 is 0. The molecule has 0 N–H and O–H groups in total. The summed E-state index contributed by atoms with van der Waals surface area (Å²) in [6.07, 6.45) is 0. The fourth-order valence-electron chi connectivity index (χ4n) is 9.68. The van der Waals surface area contributed by atoms with E-state index in [0.717, 1.165) is 0 Å². The minimum atomic E-state index is -0.137. The van der Waals surface area contributed by atoms with Crippen LogP contribution in [0.2, 0.25) is 0 Å². The van der Waals surface area contributed by atoms with Crippen LogP contribution in [0.3, 0.4) is 0 Å². The average Bonchev–Trinajstić information content (AvgIpc) is 3.48. The molecule has 0 atom stereocenters. The minimum absolute atomic E-state index is 0.137. The second-order valence-corrected chi connectivity index (χ2v) is 15.6. The van der Waals surface area contributed by atoms with E-state index in [1.807, 2.05) is 0 Å². The van der Waals surface area contributed by atoms with Gasteiger partial charge in [0.05, 0.1) is 0 Å². The van der Waals surface area contributed by atoms with Gasteiger partial charge in [0.15, 0.2) is 0 Å². The predicted molar refractivity (Wildman–Crippen MR) is 236 cm³/mol. The summed E-state index contributed by atoms with van der Waals surface area (Å²) in [6.45, 7) is 4.80. The fraction of sp³-hybridized carbons (Fsp3) is 0.0545. The zero-order chi connectivity index (χ0) is 36.7. The summed E-state index contributed by atoms with van der Waals surface area (Å²) in [4.78, 5) is 0. The molecule has 0 spiro atoms. The monoisotopic (exact) mass is 698 g/mol. The average molecular weight is 699 g/mol. The number of rotatable bonds is 4. The number of benzene rings is 10. The number of fused-ring (bicyclic) bond motifs is 9. The fourth-order valence-corrected chi connectivity index (χ4v) is 9.68. The van der Waals surface area contributed by atoms with Crippen molar-refractivity contribution in [2.24, 2.45) is 0 Å². The Kier molecular flexibility index (Phi) is 7.00. The lowest BCUT2D eigenvalue weighted by molar-refractivity contribution is 0.666. The molecule has 0 unspecified atom stereocenters. The molecule has 0 bridgehead atoms. The molecule has 55 heavy (non-hydrogen) atoms. The Hall–Kier alpha value is -6.76. The molecule has 1 aliphatic carbocycles. The molecule has 0 saturated carbocycles. The SMILES string of the molecule is CC1(C)c2cc(-c3cc(-c4ccccc4)cc(-c4c5ccccc5c(-c5ccccc5)c5c4ccc4ccccc45)c3)ccc2-c2ccc3ccccc3c21. The van der Waals surface area contributed by atoms with Gasteiger partial charge in [-0.2, -0.15) is 0 Å². The highest BCUT2D eigenvalue weighted by Gasteiger charge is 2.37. The largest absolute Gasteiger partial charge is 0.0622 e. The molecule has 0 radical (unpaired) electrons. The van der Waals surface area contributed by atoms with Crippen molar-refractivity contribution in [2.45, 2.75) is 19.3 Å². The first-order chi connectivity index (χ1) is 27.0. The van der Waals surface area contributed by atoms with Crippen LogP contribution in [0.25, 0.3) is 98.7 Å². The van der Waals surface area contributed by atoms with Gasteiger partial charge in [0, 0.05) is 5.41 Å². The first-order valence-corrected chi connectivity index (χ1v) is 19.3. The van der Waals surface area contributed by atoms with Crippen molar-refractivity contribution in [3.8, 4) is 55.6 Å². The lowest BCUT2D eigenvalue weighted by Gasteiger charge is -2.24. The predicted octanol–water partition coefficient (Wildman–Crippen LogP) is 15.3. The Bertz CT molecular complexity index is 3150. The third-order valence-electron chi connectivity index (χ3n) is 12.2. The lowest BCUT2D eigenvalue weighted by atomic mass is 9.79. The Labute approximate surface area is 322 Å². The van der Waals surface area contributed by atoms with Crippen molar-refractivity contribution >= 4 is 43.1 Å². The highest BCUT2D eigenvalue weighted by atomic mass is 14.4. The van der Waals surface area contributed by atoms with E-state index in [4.69, 9.17) is 0 Å². The zero-order valence-electron chi connectivity index (χ0n) is 31.0. The summed E-state index contributed by atoms with van der Waals surface area (Å²) < 4.78 is 0. The van der Waals surface area contributed by atoms with Crippen molar-refractivity contribution in [2.75, 3.05) is 0 Å². The van der Waals surface area contributed by atoms with Gasteiger partial charge in [-0.3, -0.25) is 0 Å². The standard InChI is InChI=1S/C55H38/c1-55(2)50-34-39(27-28-45(50)48-29-25-37-18-10-12-22-44(37)54(48)55)41-31-40(35-15-5-3-6-16-35)32-42(33-41)51-46-23-13-14-24-47(46)52(38-19-7-4-8-20-38)53-43-21-11-9-17-36(43)26-30-49(51)53/h3-34H,1-2H3. The van der Waals surface area contributed by atoms with Gasteiger partial charge >= 0.3 is 0 Å². The molecule has 1 aliphatic rings. The van der Waals surface area contributed by atoms with Gasteiger partial charge in [-0.15, -0.1) is 0 Å². The zero-order valence-corrected chi connectivity index (χ0v) is 31.0. The van der Waals surface area contributed by atoms with Crippen LogP contribution in [0.5, 0.6) is 0 Å².